The average molecular weight is 356 g/mol. The quantitative estimate of drug-likeness (QED) is 0.813. The second kappa shape index (κ2) is 7.50. The van der Waals surface area contributed by atoms with Gasteiger partial charge in [-0.25, -0.2) is 0 Å². The highest BCUT2D eigenvalue weighted by atomic mass is 79.9. The Morgan fingerprint density at radius 3 is 2.33 bits per heavy atom. The Bertz CT molecular complexity index is 470. The molecule has 0 saturated heterocycles. The molecule has 1 aromatic carbocycles. The largest absolute Gasteiger partial charge is 0.493 e. The second-order valence-corrected chi connectivity index (χ2v) is 7.13. The first kappa shape index (κ1) is 16.6. The zero-order chi connectivity index (χ0) is 15.3. The lowest BCUT2D eigenvalue weighted by Crippen LogP contribution is -2.33. The number of hydrogen-bond acceptors (Lipinski definition) is 3. The van der Waals surface area contributed by atoms with E-state index in [4.69, 9.17) is 9.47 Å². The highest BCUT2D eigenvalue weighted by Gasteiger charge is 2.26. The standard InChI is InChI=1S/C17H26BrNO2/c1-17(7-5-4-6-8-17)12-19-11-13-9-15(20-2)16(21-3)10-14(13)18/h9-10,19H,4-8,11-12H2,1-3H3. The molecular weight excluding hydrogens is 330 g/mol. The van der Waals surface area contributed by atoms with Crippen LogP contribution in [0.25, 0.3) is 0 Å². The van der Waals surface area contributed by atoms with Crippen LogP contribution in [0.5, 0.6) is 11.5 Å². The van der Waals surface area contributed by atoms with E-state index in [-0.39, 0.29) is 0 Å². The summed E-state index contributed by atoms with van der Waals surface area (Å²) in [4.78, 5) is 0. The fourth-order valence-corrected chi connectivity index (χ4v) is 3.58. The molecule has 0 amide bonds. The number of nitrogens with one attached hydrogen (secondary N) is 1. The van der Waals surface area contributed by atoms with Crippen molar-refractivity contribution in [3.8, 4) is 11.5 Å². The van der Waals surface area contributed by atoms with E-state index >= 15 is 0 Å². The fourth-order valence-electron chi connectivity index (χ4n) is 3.11. The van der Waals surface area contributed by atoms with Crippen LogP contribution in [0.15, 0.2) is 16.6 Å². The van der Waals surface area contributed by atoms with Gasteiger partial charge in [0.15, 0.2) is 11.5 Å². The molecule has 1 N–H and O–H groups in total. The van der Waals surface area contributed by atoms with Gasteiger partial charge in [0.25, 0.3) is 0 Å². The molecule has 3 nitrogen and oxygen atoms in total. The van der Waals surface area contributed by atoms with Crippen molar-refractivity contribution in [1.82, 2.24) is 5.32 Å². The smallest absolute Gasteiger partial charge is 0.161 e. The fraction of sp³-hybridized carbons (Fsp3) is 0.647. The molecule has 4 heteroatoms. The van der Waals surface area contributed by atoms with Gasteiger partial charge < -0.3 is 14.8 Å². The summed E-state index contributed by atoms with van der Waals surface area (Å²) in [6, 6.07) is 4.01. The van der Waals surface area contributed by atoms with Gasteiger partial charge in [0.05, 0.1) is 14.2 Å². The molecule has 0 aliphatic heterocycles. The predicted molar refractivity (Wildman–Crippen MR) is 90.1 cm³/mol. The van der Waals surface area contributed by atoms with Crippen molar-refractivity contribution in [2.45, 2.75) is 45.6 Å². The van der Waals surface area contributed by atoms with Crippen LogP contribution < -0.4 is 14.8 Å². The minimum Gasteiger partial charge on any atom is -0.493 e. The molecule has 0 radical (unpaired) electrons. The number of benzene rings is 1. The third kappa shape index (κ3) is 4.36. The zero-order valence-corrected chi connectivity index (χ0v) is 14.9. The van der Waals surface area contributed by atoms with Gasteiger partial charge in [0.1, 0.15) is 0 Å². The summed E-state index contributed by atoms with van der Waals surface area (Å²) in [5.41, 5.74) is 1.66. The maximum atomic E-state index is 5.37. The molecular formula is C17H26BrNO2. The Morgan fingerprint density at radius 1 is 1.10 bits per heavy atom. The minimum absolute atomic E-state index is 0.460. The summed E-state index contributed by atoms with van der Waals surface area (Å²) in [7, 11) is 3.33. The molecule has 1 fully saturated rings. The summed E-state index contributed by atoms with van der Waals surface area (Å²) in [6.07, 6.45) is 6.83. The van der Waals surface area contributed by atoms with Crippen LogP contribution in [0.1, 0.15) is 44.6 Å². The van der Waals surface area contributed by atoms with Crippen molar-refractivity contribution < 1.29 is 9.47 Å². The molecule has 1 aliphatic carbocycles. The van der Waals surface area contributed by atoms with Crippen molar-refractivity contribution in [2.75, 3.05) is 20.8 Å². The summed E-state index contributed by atoms with van der Waals surface area (Å²) in [6.45, 7) is 4.33. The maximum absolute atomic E-state index is 5.37. The van der Waals surface area contributed by atoms with Gasteiger partial charge in [0, 0.05) is 17.6 Å². The lowest BCUT2D eigenvalue weighted by molar-refractivity contribution is 0.207. The van der Waals surface area contributed by atoms with Crippen molar-refractivity contribution >= 4 is 15.9 Å². The Hall–Kier alpha value is -0.740. The molecule has 21 heavy (non-hydrogen) atoms. The number of rotatable bonds is 6. The first-order valence-corrected chi connectivity index (χ1v) is 8.48. The Kier molecular flexibility index (Phi) is 5.94. The zero-order valence-electron chi connectivity index (χ0n) is 13.3. The van der Waals surface area contributed by atoms with Gasteiger partial charge in [0.2, 0.25) is 0 Å². The van der Waals surface area contributed by atoms with E-state index < -0.39 is 0 Å². The lowest BCUT2D eigenvalue weighted by atomic mass is 9.76. The summed E-state index contributed by atoms with van der Waals surface area (Å²) < 4.78 is 11.7. The Balaban J connectivity index is 1.96. The molecule has 1 saturated carbocycles. The third-order valence-corrected chi connectivity index (χ3v) is 5.22. The topological polar surface area (TPSA) is 30.5 Å². The van der Waals surface area contributed by atoms with Crippen LogP contribution in [0.4, 0.5) is 0 Å². The van der Waals surface area contributed by atoms with Crippen molar-refractivity contribution in [2.24, 2.45) is 5.41 Å². The van der Waals surface area contributed by atoms with E-state index in [0.29, 0.717) is 5.41 Å². The minimum atomic E-state index is 0.460. The summed E-state index contributed by atoms with van der Waals surface area (Å²) >= 11 is 3.62. The number of halogens is 1. The molecule has 0 aromatic heterocycles. The van der Waals surface area contributed by atoms with Crippen LogP contribution >= 0.6 is 15.9 Å². The van der Waals surface area contributed by atoms with Crippen molar-refractivity contribution in [3.05, 3.63) is 22.2 Å². The van der Waals surface area contributed by atoms with Crippen LogP contribution in [0.3, 0.4) is 0 Å². The molecule has 0 unspecified atom stereocenters. The number of ether oxygens (including phenoxy) is 2. The highest BCUT2D eigenvalue weighted by Crippen LogP contribution is 2.36. The normalized spacial score (nSPS) is 17.5. The first-order valence-electron chi connectivity index (χ1n) is 7.69. The molecule has 1 aliphatic rings. The molecule has 1 aromatic rings. The highest BCUT2D eigenvalue weighted by molar-refractivity contribution is 9.10. The third-order valence-electron chi connectivity index (χ3n) is 4.48. The molecule has 0 atom stereocenters. The summed E-state index contributed by atoms with van der Waals surface area (Å²) in [5, 5.41) is 3.62. The average Bonchev–Trinajstić information content (AvgIpc) is 2.49. The SMILES string of the molecule is COc1cc(Br)c(CNCC2(C)CCCCC2)cc1OC. The first-order chi connectivity index (χ1) is 10.1. The van der Waals surface area contributed by atoms with Crippen molar-refractivity contribution in [1.29, 1.82) is 0 Å². The Labute approximate surface area is 136 Å². The van der Waals surface area contributed by atoms with Crippen LogP contribution in [0.2, 0.25) is 0 Å². The van der Waals surface area contributed by atoms with E-state index in [1.807, 2.05) is 12.1 Å². The second-order valence-electron chi connectivity index (χ2n) is 6.27. The van der Waals surface area contributed by atoms with E-state index in [1.165, 1.54) is 37.7 Å². The number of hydrogen-bond donors (Lipinski definition) is 1. The summed E-state index contributed by atoms with van der Waals surface area (Å²) in [5.74, 6) is 1.54. The van der Waals surface area contributed by atoms with Gasteiger partial charge in [-0.15, -0.1) is 0 Å². The molecule has 0 spiro atoms. The molecule has 0 heterocycles. The van der Waals surface area contributed by atoms with E-state index in [1.54, 1.807) is 14.2 Å². The van der Waals surface area contributed by atoms with E-state index in [2.05, 4.69) is 28.2 Å². The van der Waals surface area contributed by atoms with Gasteiger partial charge in [-0.3, -0.25) is 0 Å². The van der Waals surface area contributed by atoms with Gasteiger partial charge in [-0.1, -0.05) is 42.1 Å². The maximum Gasteiger partial charge on any atom is 0.161 e. The van der Waals surface area contributed by atoms with Crippen molar-refractivity contribution in [3.63, 3.8) is 0 Å². The lowest BCUT2D eigenvalue weighted by Gasteiger charge is -2.33. The molecule has 2 rings (SSSR count). The van der Waals surface area contributed by atoms with Gasteiger partial charge in [-0.2, -0.15) is 0 Å². The monoisotopic (exact) mass is 355 g/mol. The predicted octanol–water partition coefficient (Wildman–Crippen LogP) is 4.53. The Morgan fingerprint density at radius 2 is 1.71 bits per heavy atom. The van der Waals surface area contributed by atoms with E-state index in [0.717, 1.165) is 29.1 Å². The van der Waals surface area contributed by atoms with E-state index in [9.17, 15) is 0 Å². The van der Waals surface area contributed by atoms with Crippen LogP contribution in [0, 0.1) is 5.41 Å². The van der Waals surface area contributed by atoms with Crippen LogP contribution in [-0.2, 0) is 6.54 Å². The van der Waals surface area contributed by atoms with Gasteiger partial charge in [-0.05, 0) is 36.0 Å². The van der Waals surface area contributed by atoms with Crippen LogP contribution in [-0.4, -0.2) is 20.8 Å². The van der Waals surface area contributed by atoms with Gasteiger partial charge >= 0.3 is 0 Å². The number of methoxy groups -OCH3 is 2. The molecule has 0 bridgehead atoms. The molecule has 118 valence electrons.